The second kappa shape index (κ2) is 15.0. The molecule has 4 rings (SSSR count). The highest BCUT2D eigenvalue weighted by molar-refractivity contribution is 5.93. The maximum atomic E-state index is 14.8. The molecule has 46 heavy (non-hydrogen) atoms. The van der Waals surface area contributed by atoms with Crippen molar-refractivity contribution in [1.29, 1.82) is 0 Å². The van der Waals surface area contributed by atoms with E-state index < -0.39 is 35.3 Å². The van der Waals surface area contributed by atoms with Gasteiger partial charge in [0.1, 0.15) is 23.1 Å². The molecule has 2 fully saturated rings. The molecule has 0 spiro atoms. The first-order valence-corrected chi connectivity index (χ1v) is 16.0. The summed E-state index contributed by atoms with van der Waals surface area (Å²) in [5, 5.41) is 2.82. The van der Waals surface area contributed by atoms with E-state index in [1.54, 1.807) is 38.1 Å². The summed E-state index contributed by atoms with van der Waals surface area (Å²) < 4.78 is 40.2. The molecule has 0 saturated carbocycles. The van der Waals surface area contributed by atoms with Crippen molar-refractivity contribution in [2.45, 2.75) is 78.4 Å². The molecule has 3 unspecified atom stereocenters. The molecule has 0 aliphatic carbocycles. The number of hydrogen-bond donors (Lipinski definition) is 2. The number of nitrogens with one attached hydrogen (secondary N) is 1. The smallest absolute Gasteiger partial charge is 0.407 e. The van der Waals surface area contributed by atoms with Crippen molar-refractivity contribution in [3.63, 3.8) is 0 Å². The number of likely N-dealkylation sites (tertiary alicyclic amines) is 1. The SMILES string of the molecule is CC(C)C(N)=NC(=O)N1CCC(C(C)CCOc2cnc(N3CC(NC(=O)OC(C)(C)C)C(c4cc(F)ccc4F)C3)nc2)CC1. The van der Waals surface area contributed by atoms with Gasteiger partial charge in [0.2, 0.25) is 5.95 Å². The van der Waals surface area contributed by atoms with Gasteiger partial charge in [-0.3, -0.25) is 0 Å². The number of alkyl carbamates (subject to hydrolysis) is 1. The molecule has 0 radical (unpaired) electrons. The summed E-state index contributed by atoms with van der Waals surface area (Å²) in [5.41, 5.74) is 5.30. The third-order valence-electron chi connectivity index (χ3n) is 8.55. The van der Waals surface area contributed by atoms with Crippen molar-refractivity contribution in [2.24, 2.45) is 28.5 Å². The molecule has 252 valence electrons. The predicted molar refractivity (Wildman–Crippen MR) is 172 cm³/mol. The molecule has 2 aliphatic rings. The Morgan fingerprint density at radius 2 is 1.78 bits per heavy atom. The van der Waals surface area contributed by atoms with Gasteiger partial charge in [-0.1, -0.05) is 20.8 Å². The van der Waals surface area contributed by atoms with Crippen LogP contribution in [0.4, 0.5) is 24.3 Å². The number of carbonyl (C=O) groups is 2. The molecule has 0 bridgehead atoms. The third-order valence-corrected chi connectivity index (χ3v) is 8.55. The molecule has 1 aromatic carbocycles. The number of aromatic nitrogens is 2. The van der Waals surface area contributed by atoms with Crippen LogP contribution in [-0.2, 0) is 4.74 Å². The van der Waals surface area contributed by atoms with Crippen LogP contribution in [-0.4, -0.2) is 77.3 Å². The number of nitrogens with two attached hydrogens (primary N) is 1. The third kappa shape index (κ3) is 9.49. The van der Waals surface area contributed by atoms with Crippen LogP contribution in [0.3, 0.4) is 0 Å². The molecule has 2 aliphatic heterocycles. The van der Waals surface area contributed by atoms with E-state index >= 15 is 0 Å². The fraction of sp³-hybridized carbons (Fsp3) is 0.606. The molecular formula is C33H47F2N7O4. The standard InChI is InChI=1S/C33H47F2N7O4/c1-20(2)29(36)40-31(43)41-12-9-22(10-13-41)21(3)11-14-45-24-16-37-30(38-17-24)42-18-26(25-15-23(34)7-8-27(25)35)28(19-42)39-32(44)46-33(4,5)6/h7-8,15-17,20-22,26,28H,9-14,18-19H2,1-6H3,(H,39,44)(H2,36,40,43). The van der Waals surface area contributed by atoms with Crippen molar-refractivity contribution in [1.82, 2.24) is 20.2 Å². The number of halogens is 2. The van der Waals surface area contributed by atoms with E-state index in [1.807, 2.05) is 18.7 Å². The number of anilines is 1. The van der Waals surface area contributed by atoms with Crippen LogP contribution in [0, 0.1) is 29.4 Å². The van der Waals surface area contributed by atoms with Crippen LogP contribution < -0.4 is 20.7 Å². The Balaban J connectivity index is 1.30. The topological polar surface area (TPSA) is 135 Å². The van der Waals surface area contributed by atoms with Gasteiger partial charge in [0.05, 0.1) is 25.0 Å². The molecule has 2 saturated heterocycles. The minimum atomic E-state index is -0.714. The molecule has 13 heteroatoms. The molecule has 3 N–H and O–H groups in total. The Bertz CT molecular complexity index is 1380. The number of benzene rings is 1. The van der Waals surface area contributed by atoms with Crippen LogP contribution in [0.2, 0.25) is 0 Å². The highest BCUT2D eigenvalue weighted by atomic mass is 19.1. The van der Waals surface area contributed by atoms with E-state index in [4.69, 9.17) is 15.2 Å². The van der Waals surface area contributed by atoms with Gasteiger partial charge in [0, 0.05) is 38.0 Å². The van der Waals surface area contributed by atoms with Gasteiger partial charge in [-0.25, -0.2) is 28.3 Å². The number of aliphatic imine (C=N–C) groups is 1. The van der Waals surface area contributed by atoms with E-state index in [0.29, 0.717) is 49.1 Å². The zero-order valence-electron chi connectivity index (χ0n) is 27.6. The van der Waals surface area contributed by atoms with Gasteiger partial charge in [0.25, 0.3) is 0 Å². The number of amides is 3. The number of hydrogen-bond acceptors (Lipinski definition) is 7. The minimum Gasteiger partial charge on any atom is -0.490 e. The fourth-order valence-corrected chi connectivity index (χ4v) is 5.80. The van der Waals surface area contributed by atoms with Gasteiger partial charge in [0.15, 0.2) is 5.75 Å². The van der Waals surface area contributed by atoms with Crippen molar-refractivity contribution in [3.05, 3.63) is 47.8 Å². The van der Waals surface area contributed by atoms with Crippen molar-refractivity contribution in [3.8, 4) is 5.75 Å². The first kappa shape index (κ1) is 34.8. The average Bonchev–Trinajstić information content (AvgIpc) is 3.40. The first-order valence-electron chi connectivity index (χ1n) is 16.0. The summed E-state index contributed by atoms with van der Waals surface area (Å²) >= 11 is 0. The zero-order chi connectivity index (χ0) is 33.6. The van der Waals surface area contributed by atoms with Gasteiger partial charge in [-0.2, -0.15) is 4.99 Å². The summed E-state index contributed by atoms with van der Waals surface area (Å²) in [4.78, 5) is 41.5. The van der Waals surface area contributed by atoms with Gasteiger partial charge in [-0.15, -0.1) is 0 Å². The van der Waals surface area contributed by atoms with E-state index in [9.17, 15) is 18.4 Å². The average molecular weight is 644 g/mol. The lowest BCUT2D eigenvalue weighted by molar-refractivity contribution is 0.0504. The largest absolute Gasteiger partial charge is 0.490 e. The van der Waals surface area contributed by atoms with Crippen LogP contribution in [0.5, 0.6) is 5.75 Å². The van der Waals surface area contributed by atoms with Crippen LogP contribution >= 0.6 is 0 Å². The maximum Gasteiger partial charge on any atom is 0.407 e. The lowest BCUT2D eigenvalue weighted by Gasteiger charge is -2.34. The van der Waals surface area contributed by atoms with Crippen LogP contribution in [0.15, 0.2) is 35.6 Å². The lowest BCUT2D eigenvalue weighted by atomic mass is 9.84. The maximum absolute atomic E-state index is 14.8. The first-order chi connectivity index (χ1) is 21.7. The molecule has 11 nitrogen and oxygen atoms in total. The van der Waals surface area contributed by atoms with E-state index in [1.165, 1.54) is 0 Å². The molecular weight excluding hydrogens is 596 g/mol. The molecule has 3 amide bonds. The zero-order valence-corrected chi connectivity index (χ0v) is 27.6. The summed E-state index contributed by atoms with van der Waals surface area (Å²) in [5.74, 6) is 0.516. The Morgan fingerprint density at radius 3 is 2.41 bits per heavy atom. The molecule has 2 aromatic rings. The summed E-state index contributed by atoms with van der Waals surface area (Å²) in [6.45, 7) is 13.6. The van der Waals surface area contributed by atoms with E-state index in [-0.39, 0.29) is 30.6 Å². The highest BCUT2D eigenvalue weighted by Crippen LogP contribution is 2.33. The minimum absolute atomic E-state index is 0.0360. The number of amidine groups is 1. The number of nitrogens with zero attached hydrogens (tertiary/aromatic N) is 5. The summed E-state index contributed by atoms with van der Waals surface area (Å²) in [6.07, 6.45) is 5.19. The van der Waals surface area contributed by atoms with Crippen molar-refractivity contribution in [2.75, 3.05) is 37.7 Å². The van der Waals surface area contributed by atoms with Gasteiger partial charge < -0.3 is 30.3 Å². The number of urea groups is 1. The second-order valence-corrected chi connectivity index (χ2v) is 13.6. The Labute approximate surface area is 269 Å². The number of rotatable bonds is 9. The highest BCUT2D eigenvalue weighted by Gasteiger charge is 2.38. The van der Waals surface area contributed by atoms with E-state index in [2.05, 4.69) is 27.2 Å². The number of ether oxygens (including phenoxy) is 2. The molecule has 3 atom stereocenters. The van der Waals surface area contributed by atoms with Gasteiger partial charge in [-0.05, 0) is 75.6 Å². The van der Waals surface area contributed by atoms with Crippen molar-refractivity contribution >= 4 is 23.9 Å². The summed E-state index contributed by atoms with van der Waals surface area (Å²) in [6, 6.07) is 2.49. The quantitative estimate of drug-likeness (QED) is 0.270. The number of piperidine rings is 1. The Kier molecular flexibility index (Phi) is 11.4. The fourth-order valence-electron chi connectivity index (χ4n) is 5.80. The number of carbonyl (C=O) groups excluding carboxylic acids is 2. The normalized spacial score (nSPS) is 20.2. The second-order valence-electron chi connectivity index (χ2n) is 13.6. The Hall–Kier alpha value is -4.03. The van der Waals surface area contributed by atoms with Crippen LogP contribution in [0.1, 0.15) is 72.3 Å². The van der Waals surface area contributed by atoms with Gasteiger partial charge >= 0.3 is 12.1 Å². The molecule has 3 heterocycles. The van der Waals surface area contributed by atoms with Crippen molar-refractivity contribution < 1.29 is 27.8 Å². The van der Waals surface area contributed by atoms with E-state index in [0.717, 1.165) is 37.5 Å². The van der Waals surface area contributed by atoms with Crippen LogP contribution in [0.25, 0.3) is 0 Å². The predicted octanol–water partition coefficient (Wildman–Crippen LogP) is 5.50. The summed E-state index contributed by atoms with van der Waals surface area (Å²) in [7, 11) is 0. The Morgan fingerprint density at radius 1 is 1.11 bits per heavy atom. The lowest BCUT2D eigenvalue weighted by Crippen LogP contribution is -2.43. The monoisotopic (exact) mass is 643 g/mol. The molecule has 1 aromatic heterocycles.